The highest BCUT2D eigenvalue weighted by Crippen LogP contribution is 2.21. The van der Waals surface area contributed by atoms with Crippen molar-refractivity contribution in [3.05, 3.63) is 29.8 Å². The Hall–Kier alpha value is -1.26. The van der Waals surface area contributed by atoms with Gasteiger partial charge >= 0.3 is 0 Å². The lowest BCUT2D eigenvalue weighted by molar-refractivity contribution is -0.132. The van der Waals surface area contributed by atoms with Crippen molar-refractivity contribution in [2.75, 3.05) is 13.1 Å². The van der Waals surface area contributed by atoms with E-state index < -0.39 is 0 Å². The average Bonchev–Trinajstić information content (AvgIpc) is 2.47. The molecule has 130 valence electrons. The molecular weight excluding hydrogens is 312 g/mol. The summed E-state index contributed by atoms with van der Waals surface area (Å²) in [7, 11) is 0. The van der Waals surface area contributed by atoms with Gasteiger partial charge in [-0.05, 0) is 57.2 Å². The summed E-state index contributed by atoms with van der Waals surface area (Å²) in [4.78, 5) is 14.5. The summed E-state index contributed by atoms with van der Waals surface area (Å²) >= 11 is 0. The molecule has 1 aromatic rings. The number of likely N-dealkylation sites (tertiary alicyclic amines) is 1. The zero-order valence-corrected chi connectivity index (χ0v) is 15.1. The molecule has 0 aromatic heterocycles. The molecule has 23 heavy (non-hydrogen) atoms. The second-order valence-corrected chi connectivity index (χ2v) is 6.59. The Balaban J connectivity index is 0.00000264. The van der Waals surface area contributed by atoms with Crippen molar-refractivity contribution in [2.24, 2.45) is 11.7 Å². The Morgan fingerprint density at radius 2 is 2.13 bits per heavy atom. The number of ether oxygens (including phenoxy) is 1. The number of carbonyl (C=O) groups is 1. The second-order valence-electron chi connectivity index (χ2n) is 6.59. The highest BCUT2D eigenvalue weighted by atomic mass is 35.5. The molecule has 1 aromatic carbocycles. The van der Waals surface area contributed by atoms with Crippen LogP contribution in [0.1, 0.15) is 39.2 Å². The maximum Gasteiger partial charge on any atom is 0.227 e. The molecule has 2 unspecified atom stereocenters. The number of hydrogen-bond acceptors (Lipinski definition) is 3. The van der Waals surface area contributed by atoms with Gasteiger partial charge < -0.3 is 15.4 Å². The Kier molecular flexibility index (Phi) is 7.86. The summed E-state index contributed by atoms with van der Waals surface area (Å²) in [6.45, 7) is 7.67. The number of hydrogen-bond donors (Lipinski definition) is 1. The van der Waals surface area contributed by atoms with E-state index >= 15 is 0 Å². The predicted molar refractivity (Wildman–Crippen MR) is 96.1 cm³/mol. The van der Waals surface area contributed by atoms with Crippen LogP contribution >= 0.6 is 12.4 Å². The summed E-state index contributed by atoms with van der Waals surface area (Å²) < 4.78 is 5.69. The fraction of sp³-hybridized carbons (Fsp3) is 0.611. The van der Waals surface area contributed by atoms with Crippen molar-refractivity contribution in [1.29, 1.82) is 0 Å². The fourth-order valence-electron chi connectivity index (χ4n) is 2.95. The number of amides is 1. The Labute approximate surface area is 145 Å². The van der Waals surface area contributed by atoms with Gasteiger partial charge in [0.05, 0.1) is 12.5 Å². The standard InChI is InChI=1S/C18H28N2O2.ClH/c1-13(2)22-17-8-4-6-15(10-17)11-18(21)20-9-5-7-16(12-20)14(3)19;/h4,6,8,10,13-14,16H,5,7,9,11-12,19H2,1-3H3;1H. The van der Waals surface area contributed by atoms with E-state index in [-0.39, 0.29) is 30.5 Å². The lowest BCUT2D eigenvalue weighted by atomic mass is 9.92. The molecule has 1 saturated heterocycles. The SMILES string of the molecule is CC(C)Oc1cccc(CC(=O)N2CCCC(C(C)N)C2)c1.Cl. The lowest BCUT2D eigenvalue weighted by Gasteiger charge is -2.34. The zero-order valence-electron chi connectivity index (χ0n) is 14.3. The van der Waals surface area contributed by atoms with Crippen LogP contribution < -0.4 is 10.5 Å². The Morgan fingerprint density at radius 3 is 2.78 bits per heavy atom. The van der Waals surface area contributed by atoms with Crippen molar-refractivity contribution in [1.82, 2.24) is 4.90 Å². The largest absolute Gasteiger partial charge is 0.491 e. The number of piperidine rings is 1. The third kappa shape index (κ3) is 6.04. The zero-order chi connectivity index (χ0) is 16.1. The number of carbonyl (C=O) groups excluding carboxylic acids is 1. The van der Waals surface area contributed by atoms with Crippen molar-refractivity contribution in [3.8, 4) is 5.75 Å². The van der Waals surface area contributed by atoms with Crippen LogP contribution in [0.25, 0.3) is 0 Å². The highest BCUT2D eigenvalue weighted by molar-refractivity contribution is 5.85. The van der Waals surface area contributed by atoms with E-state index in [4.69, 9.17) is 10.5 Å². The van der Waals surface area contributed by atoms with Gasteiger partial charge in [0.1, 0.15) is 5.75 Å². The van der Waals surface area contributed by atoms with Crippen LogP contribution in [-0.4, -0.2) is 36.0 Å². The first-order valence-corrected chi connectivity index (χ1v) is 8.24. The molecule has 0 saturated carbocycles. The third-order valence-corrected chi connectivity index (χ3v) is 4.18. The molecule has 2 N–H and O–H groups in total. The van der Waals surface area contributed by atoms with Gasteiger partial charge in [-0.2, -0.15) is 0 Å². The third-order valence-electron chi connectivity index (χ3n) is 4.18. The molecule has 1 heterocycles. The smallest absolute Gasteiger partial charge is 0.227 e. The Bertz CT molecular complexity index is 506. The molecule has 1 aliphatic rings. The van der Waals surface area contributed by atoms with Gasteiger partial charge in [0.2, 0.25) is 5.91 Å². The highest BCUT2D eigenvalue weighted by Gasteiger charge is 2.25. The molecule has 1 aliphatic heterocycles. The summed E-state index contributed by atoms with van der Waals surface area (Å²) in [6.07, 6.45) is 2.74. The van der Waals surface area contributed by atoms with Crippen molar-refractivity contribution in [2.45, 2.75) is 52.2 Å². The van der Waals surface area contributed by atoms with Gasteiger partial charge in [-0.3, -0.25) is 4.79 Å². The predicted octanol–water partition coefficient (Wildman–Crippen LogP) is 3.02. The molecule has 0 radical (unpaired) electrons. The lowest BCUT2D eigenvalue weighted by Crippen LogP contribution is -2.45. The van der Waals surface area contributed by atoms with Gasteiger partial charge in [0, 0.05) is 19.1 Å². The van der Waals surface area contributed by atoms with Crippen LogP contribution in [0.4, 0.5) is 0 Å². The molecule has 5 heteroatoms. The number of halogens is 1. The first-order chi connectivity index (χ1) is 10.5. The Morgan fingerprint density at radius 1 is 1.39 bits per heavy atom. The molecule has 0 spiro atoms. The van der Waals surface area contributed by atoms with E-state index in [1.807, 2.05) is 49.9 Å². The van der Waals surface area contributed by atoms with Crippen LogP contribution in [-0.2, 0) is 11.2 Å². The van der Waals surface area contributed by atoms with Gasteiger partial charge in [-0.1, -0.05) is 12.1 Å². The minimum absolute atomic E-state index is 0. The van der Waals surface area contributed by atoms with E-state index in [2.05, 4.69) is 0 Å². The summed E-state index contributed by atoms with van der Waals surface area (Å²) in [5.41, 5.74) is 7.00. The van der Waals surface area contributed by atoms with E-state index in [1.54, 1.807) is 0 Å². The van der Waals surface area contributed by atoms with Gasteiger partial charge in [-0.25, -0.2) is 0 Å². The second kappa shape index (κ2) is 9.14. The van der Waals surface area contributed by atoms with Crippen LogP contribution in [0.15, 0.2) is 24.3 Å². The van der Waals surface area contributed by atoms with Crippen LogP contribution in [0.5, 0.6) is 5.75 Å². The molecule has 0 aliphatic carbocycles. The summed E-state index contributed by atoms with van der Waals surface area (Å²) in [6, 6.07) is 7.98. The maximum absolute atomic E-state index is 12.5. The quantitative estimate of drug-likeness (QED) is 0.896. The summed E-state index contributed by atoms with van der Waals surface area (Å²) in [5.74, 6) is 1.44. The minimum atomic E-state index is 0. The van der Waals surface area contributed by atoms with Crippen LogP contribution in [0, 0.1) is 5.92 Å². The van der Waals surface area contributed by atoms with E-state index in [0.717, 1.165) is 37.2 Å². The maximum atomic E-state index is 12.5. The molecule has 1 amide bonds. The van der Waals surface area contributed by atoms with Gasteiger partial charge in [0.15, 0.2) is 0 Å². The van der Waals surface area contributed by atoms with Crippen LogP contribution in [0.3, 0.4) is 0 Å². The normalized spacial score (nSPS) is 19.2. The van der Waals surface area contributed by atoms with Crippen molar-refractivity contribution >= 4 is 18.3 Å². The first kappa shape index (κ1) is 19.8. The van der Waals surface area contributed by atoms with E-state index in [0.29, 0.717) is 12.3 Å². The molecule has 4 nitrogen and oxygen atoms in total. The number of benzene rings is 1. The molecule has 2 rings (SSSR count). The first-order valence-electron chi connectivity index (χ1n) is 8.24. The molecule has 2 atom stereocenters. The molecule has 0 bridgehead atoms. The summed E-state index contributed by atoms with van der Waals surface area (Å²) in [5, 5.41) is 0. The number of nitrogens with two attached hydrogens (primary N) is 1. The molecule has 1 fully saturated rings. The van der Waals surface area contributed by atoms with Crippen molar-refractivity contribution in [3.63, 3.8) is 0 Å². The van der Waals surface area contributed by atoms with E-state index in [9.17, 15) is 4.79 Å². The van der Waals surface area contributed by atoms with Crippen molar-refractivity contribution < 1.29 is 9.53 Å². The topological polar surface area (TPSA) is 55.6 Å². The number of nitrogens with zero attached hydrogens (tertiary/aromatic N) is 1. The monoisotopic (exact) mass is 340 g/mol. The average molecular weight is 341 g/mol. The van der Waals surface area contributed by atoms with Gasteiger partial charge in [-0.15, -0.1) is 12.4 Å². The minimum Gasteiger partial charge on any atom is -0.491 e. The fourth-order valence-corrected chi connectivity index (χ4v) is 2.95. The number of rotatable bonds is 5. The molecular formula is C18H29ClN2O2. The van der Waals surface area contributed by atoms with Gasteiger partial charge in [0.25, 0.3) is 0 Å². The van der Waals surface area contributed by atoms with E-state index in [1.165, 1.54) is 0 Å². The van der Waals surface area contributed by atoms with Crippen LogP contribution in [0.2, 0.25) is 0 Å².